The molecule has 0 spiro atoms. The second kappa shape index (κ2) is 8.07. The standard InChI is InChI=1S/C19H22FN3O2/c1-25-21-18(15-7-9-17(20)10-8-15)14-22-11-4-5-16(13-22)19-6-2-3-12-23(19)24/h2-3,6-10,12,16H,4-5,11,13-14H2,1H3/b21-18+. The monoisotopic (exact) mass is 343 g/mol. The SMILES string of the molecule is CO/N=C(\CN1CCCC(c2cccc[n+]2[O-])C1)c1ccc(F)cc1. The third-order valence-electron chi connectivity index (χ3n) is 4.53. The number of benzene rings is 1. The Morgan fingerprint density at radius 2 is 2.12 bits per heavy atom. The van der Waals surface area contributed by atoms with Crippen LogP contribution in [0, 0.1) is 11.0 Å². The van der Waals surface area contributed by atoms with E-state index in [4.69, 9.17) is 4.84 Å². The first-order valence-corrected chi connectivity index (χ1v) is 8.44. The molecule has 2 heterocycles. The van der Waals surface area contributed by atoms with Crippen molar-refractivity contribution in [3.63, 3.8) is 0 Å². The number of oxime groups is 1. The van der Waals surface area contributed by atoms with E-state index in [0.717, 1.165) is 47.6 Å². The molecule has 1 saturated heterocycles. The fraction of sp³-hybridized carbons (Fsp3) is 0.368. The van der Waals surface area contributed by atoms with Gasteiger partial charge in [-0.3, -0.25) is 4.90 Å². The maximum atomic E-state index is 13.2. The molecule has 0 radical (unpaired) electrons. The first-order chi connectivity index (χ1) is 12.2. The molecular formula is C19H22FN3O2. The van der Waals surface area contributed by atoms with Crippen LogP contribution >= 0.6 is 0 Å². The minimum absolute atomic E-state index is 0.199. The van der Waals surface area contributed by atoms with E-state index in [2.05, 4.69) is 10.1 Å². The van der Waals surface area contributed by atoms with Crippen molar-refractivity contribution < 1.29 is 14.0 Å². The Bertz CT molecular complexity index is 734. The van der Waals surface area contributed by atoms with Crippen LogP contribution in [0.25, 0.3) is 0 Å². The van der Waals surface area contributed by atoms with Gasteiger partial charge in [-0.15, -0.1) is 0 Å². The maximum Gasteiger partial charge on any atom is 0.197 e. The molecule has 2 aromatic rings. The molecule has 1 aromatic carbocycles. The van der Waals surface area contributed by atoms with Gasteiger partial charge in [-0.25, -0.2) is 4.39 Å². The molecule has 1 atom stereocenters. The van der Waals surface area contributed by atoms with Crippen LogP contribution < -0.4 is 4.73 Å². The Morgan fingerprint density at radius 1 is 1.32 bits per heavy atom. The Kier molecular flexibility index (Phi) is 5.60. The molecule has 0 aliphatic carbocycles. The van der Waals surface area contributed by atoms with Crippen molar-refractivity contribution in [1.82, 2.24) is 4.90 Å². The van der Waals surface area contributed by atoms with E-state index in [1.165, 1.54) is 19.2 Å². The zero-order chi connectivity index (χ0) is 17.6. The van der Waals surface area contributed by atoms with Crippen molar-refractivity contribution >= 4 is 5.71 Å². The topological polar surface area (TPSA) is 51.8 Å². The molecule has 132 valence electrons. The molecule has 1 fully saturated rings. The minimum atomic E-state index is -0.275. The Morgan fingerprint density at radius 3 is 2.84 bits per heavy atom. The summed E-state index contributed by atoms with van der Waals surface area (Å²) >= 11 is 0. The van der Waals surface area contributed by atoms with Gasteiger partial charge in [0.2, 0.25) is 0 Å². The number of piperidine rings is 1. The summed E-state index contributed by atoms with van der Waals surface area (Å²) in [7, 11) is 1.51. The van der Waals surface area contributed by atoms with E-state index in [0.29, 0.717) is 6.54 Å². The van der Waals surface area contributed by atoms with Crippen molar-refractivity contribution in [3.8, 4) is 0 Å². The molecule has 1 aliphatic heterocycles. The van der Waals surface area contributed by atoms with Crippen LogP contribution in [0.2, 0.25) is 0 Å². The van der Waals surface area contributed by atoms with Gasteiger partial charge >= 0.3 is 0 Å². The first-order valence-electron chi connectivity index (χ1n) is 8.44. The van der Waals surface area contributed by atoms with Crippen LogP contribution in [0.1, 0.15) is 30.0 Å². The molecular weight excluding hydrogens is 321 g/mol. The highest BCUT2D eigenvalue weighted by Crippen LogP contribution is 2.24. The van der Waals surface area contributed by atoms with E-state index < -0.39 is 0 Å². The number of nitrogens with zero attached hydrogens (tertiary/aromatic N) is 3. The predicted molar refractivity (Wildman–Crippen MR) is 93.8 cm³/mol. The fourth-order valence-electron chi connectivity index (χ4n) is 3.34. The zero-order valence-corrected chi connectivity index (χ0v) is 14.3. The molecule has 0 N–H and O–H groups in total. The average molecular weight is 343 g/mol. The number of pyridine rings is 1. The van der Waals surface area contributed by atoms with Crippen molar-refractivity contribution in [3.05, 3.63) is 70.9 Å². The highest BCUT2D eigenvalue weighted by Gasteiger charge is 2.27. The molecule has 0 saturated carbocycles. The third-order valence-corrected chi connectivity index (χ3v) is 4.53. The molecule has 0 amide bonds. The summed E-state index contributed by atoms with van der Waals surface area (Å²) in [6.07, 6.45) is 3.56. The number of rotatable bonds is 5. The Labute approximate surface area is 146 Å². The molecule has 6 heteroatoms. The van der Waals surface area contributed by atoms with Gasteiger partial charge in [-0.05, 0) is 31.5 Å². The lowest BCUT2D eigenvalue weighted by molar-refractivity contribution is -0.615. The van der Waals surface area contributed by atoms with Gasteiger partial charge < -0.3 is 10.0 Å². The van der Waals surface area contributed by atoms with Gasteiger partial charge in [0.15, 0.2) is 11.9 Å². The second-order valence-corrected chi connectivity index (χ2v) is 6.25. The van der Waals surface area contributed by atoms with Crippen molar-refractivity contribution in [2.45, 2.75) is 18.8 Å². The largest absolute Gasteiger partial charge is 0.618 e. The molecule has 1 aliphatic rings. The normalized spacial score (nSPS) is 19.0. The highest BCUT2D eigenvalue weighted by molar-refractivity contribution is 6.01. The summed E-state index contributed by atoms with van der Waals surface area (Å²) in [6.45, 7) is 2.32. The zero-order valence-electron chi connectivity index (χ0n) is 14.3. The predicted octanol–water partition coefficient (Wildman–Crippen LogP) is 2.69. The van der Waals surface area contributed by atoms with E-state index in [9.17, 15) is 9.60 Å². The van der Waals surface area contributed by atoms with Crippen LogP contribution in [0.4, 0.5) is 4.39 Å². The maximum absolute atomic E-state index is 13.2. The summed E-state index contributed by atoms with van der Waals surface area (Å²) in [4.78, 5) is 7.24. The van der Waals surface area contributed by atoms with Gasteiger partial charge in [-0.1, -0.05) is 23.4 Å². The van der Waals surface area contributed by atoms with Gasteiger partial charge in [0.1, 0.15) is 18.6 Å². The minimum Gasteiger partial charge on any atom is -0.618 e. The van der Waals surface area contributed by atoms with Crippen molar-refractivity contribution in [1.29, 1.82) is 0 Å². The number of hydrogen-bond donors (Lipinski definition) is 0. The number of halogens is 1. The van der Waals surface area contributed by atoms with Crippen LogP contribution in [-0.4, -0.2) is 37.4 Å². The third kappa shape index (κ3) is 4.33. The van der Waals surface area contributed by atoms with E-state index in [1.807, 2.05) is 12.1 Å². The summed E-state index contributed by atoms with van der Waals surface area (Å²) in [5.41, 5.74) is 2.40. The Hall–Kier alpha value is -2.47. The van der Waals surface area contributed by atoms with Crippen molar-refractivity contribution in [2.75, 3.05) is 26.7 Å². The smallest absolute Gasteiger partial charge is 0.197 e. The van der Waals surface area contributed by atoms with Crippen molar-refractivity contribution in [2.24, 2.45) is 5.16 Å². The average Bonchev–Trinajstić information content (AvgIpc) is 2.63. The van der Waals surface area contributed by atoms with Gasteiger partial charge in [-0.2, -0.15) is 4.73 Å². The summed E-state index contributed by atoms with van der Waals surface area (Å²) in [5.74, 6) is -0.0768. The van der Waals surface area contributed by atoms with E-state index in [1.54, 1.807) is 24.4 Å². The number of likely N-dealkylation sites (tertiary alicyclic amines) is 1. The molecule has 3 rings (SSSR count). The lowest BCUT2D eigenvalue weighted by Crippen LogP contribution is -2.42. The quantitative estimate of drug-likeness (QED) is 0.363. The van der Waals surface area contributed by atoms with Crippen LogP contribution in [0.3, 0.4) is 0 Å². The molecule has 1 aromatic heterocycles. The molecule has 5 nitrogen and oxygen atoms in total. The van der Waals surface area contributed by atoms with Gasteiger partial charge in [0, 0.05) is 30.8 Å². The molecule has 25 heavy (non-hydrogen) atoms. The van der Waals surface area contributed by atoms with Crippen LogP contribution in [0.15, 0.2) is 53.8 Å². The number of hydrogen-bond acceptors (Lipinski definition) is 4. The summed E-state index contributed by atoms with van der Waals surface area (Å²) < 4.78 is 14.1. The summed E-state index contributed by atoms with van der Waals surface area (Å²) in [6, 6.07) is 11.8. The van der Waals surface area contributed by atoms with Crippen LogP contribution in [0.5, 0.6) is 0 Å². The summed E-state index contributed by atoms with van der Waals surface area (Å²) in [5, 5.41) is 16.1. The molecule has 1 unspecified atom stereocenters. The number of aromatic nitrogens is 1. The van der Waals surface area contributed by atoms with E-state index >= 15 is 0 Å². The lowest BCUT2D eigenvalue weighted by atomic mass is 9.93. The van der Waals surface area contributed by atoms with E-state index in [-0.39, 0.29) is 11.7 Å². The van der Waals surface area contributed by atoms with Crippen LogP contribution in [-0.2, 0) is 4.84 Å². The van der Waals surface area contributed by atoms with Gasteiger partial charge in [0.25, 0.3) is 0 Å². The first kappa shape index (κ1) is 17.4. The molecule has 0 bridgehead atoms. The highest BCUT2D eigenvalue weighted by atomic mass is 19.1. The van der Waals surface area contributed by atoms with Gasteiger partial charge in [0.05, 0.1) is 5.92 Å². The second-order valence-electron chi connectivity index (χ2n) is 6.25. The fourth-order valence-corrected chi connectivity index (χ4v) is 3.34. The Balaban J connectivity index is 1.73. The lowest BCUT2D eigenvalue weighted by Gasteiger charge is -2.31.